The number of nitrogens with zero attached hydrogens (tertiary/aromatic N) is 1. The molecule has 1 unspecified atom stereocenters. The summed E-state index contributed by atoms with van der Waals surface area (Å²) >= 11 is 5.41. The number of fused-ring (bicyclic) bond motifs is 1. The maximum Gasteiger partial charge on any atom is 0.124 e. The predicted molar refractivity (Wildman–Crippen MR) is 89.6 cm³/mol. The highest BCUT2D eigenvalue weighted by Gasteiger charge is 2.24. The molecule has 1 aromatic carbocycles. The van der Waals surface area contributed by atoms with Crippen LogP contribution >= 0.6 is 27.3 Å². The topological polar surface area (TPSA) is 24.9 Å². The molecule has 20 heavy (non-hydrogen) atoms. The van der Waals surface area contributed by atoms with E-state index in [2.05, 4.69) is 46.4 Å². The van der Waals surface area contributed by atoms with Gasteiger partial charge in [0, 0.05) is 27.4 Å². The Balaban J connectivity index is 2.00. The zero-order chi connectivity index (χ0) is 14.1. The van der Waals surface area contributed by atoms with Crippen LogP contribution in [-0.2, 0) is 6.42 Å². The number of aryl methyl sites for hydroxylation is 2. The van der Waals surface area contributed by atoms with E-state index < -0.39 is 0 Å². The summed E-state index contributed by atoms with van der Waals surface area (Å²) in [5.41, 5.74) is 3.90. The summed E-state index contributed by atoms with van der Waals surface area (Å²) in [6.07, 6.45) is 3.75. The van der Waals surface area contributed by atoms with Crippen molar-refractivity contribution < 1.29 is 0 Å². The van der Waals surface area contributed by atoms with Crippen molar-refractivity contribution in [2.75, 3.05) is 13.6 Å². The van der Waals surface area contributed by atoms with Gasteiger partial charge >= 0.3 is 0 Å². The molecule has 2 nitrogen and oxygen atoms in total. The molecular weight excluding hydrogens is 332 g/mol. The number of hydrogen-bond donors (Lipinski definition) is 1. The fourth-order valence-electron chi connectivity index (χ4n) is 2.93. The van der Waals surface area contributed by atoms with Crippen LogP contribution in [0.25, 0.3) is 10.6 Å². The molecule has 2 aromatic rings. The maximum absolute atomic E-state index is 4.97. The van der Waals surface area contributed by atoms with E-state index in [9.17, 15) is 0 Å². The molecule has 0 aliphatic heterocycles. The molecule has 1 aliphatic carbocycles. The molecule has 4 heteroatoms. The normalized spacial score (nSPS) is 18.1. The van der Waals surface area contributed by atoms with Gasteiger partial charge in [-0.15, -0.1) is 11.3 Å². The van der Waals surface area contributed by atoms with Gasteiger partial charge in [-0.2, -0.15) is 0 Å². The molecule has 0 fully saturated rings. The molecule has 106 valence electrons. The number of thiazole rings is 1. The highest BCUT2D eigenvalue weighted by atomic mass is 79.9. The lowest BCUT2D eigenvalue weighted by atomic mass is 9.91. The standard InChI is InChI=1S/C16H19BrN2S/c1-10-8-12(17)6-7-13(10)16-19-15-11(9-18-2)4-3-5-14(15)20-16/h6-8,11,18H,3-5,9H2,1-2H3. The number of benzene rings is 1. The minimum absolute atomic E-state index is 0.588. The summed E-state index contributed by atoms with van der Waals surface area (Å²) in [7, 11) is 2.03. The summed E-state index contributed by atoms with van der Waals surface area (Å²) in [5, 5.41) is 4.49. The SMILES string of the molecule is CNCC1CCCc2sc(-c3ccc(Br)cc3C)nc21. The molecule has 0 spiro atoms. The monoisotopic (exact) mass is 350 g/mol. The van der Waals surface area contributed by atoms with Crippen molar-refractivity contribution in [1.29, 1.82) is 0 Å². The summed E-state index contributed by atoms with van der Waals surface area (Å²) in [4.78, 5) is 6.47. The van der Waals surface area contributed by atoms with Crippen LogP contribution in [0.4, 0.5) is 0 Å². The molecule has 1 aromatic heterocycles. The number of nitrogens with one attached hydrogen (secondary N) is 1. The second-order valence-electron chi connectivity index (χ2n) is 5.43. The second-order valence-corrected chi connectivity index (χ2v) is 7.43. The van der Waals surface area contributed by atoms with Gasteiger partial charge in [-0.05, 0) is 50.9 Å². The lowest BCUT2D eigenvalue weighted by Crippen LogP contribution is -2.20. The minimum Gasteiger partial charge on any atom is -0.319 e. The first-order valence-corrected chi connectivity index (χ1v) is 8.70. The largest absolute Gasteiger partial charge is 0.319 e. The van der Waals surface area contributed by atoms with E-state index in [1.165, 1.54) is 46.0 Å². The fourth-order valence-corrected chi connectivity index (χ4v) is 4.69. The van der Waals surface area contributed by atoms with Gasteiger partial charge in [0.1, 0.15) is 5.01 Å². The zero-order valence-electron chi connectivity index (χ0n) is 11.9. The first-order chi connectivity index (χ1) is 9.69. The molecule has 3 rings (SSSR count). The highest BCUT2D eigenvalue weighted by Crippen LogP contribution is 2.39. The van der Waals surface area contributed by atoms with E-state index in [1.54, 1.807) is 0 Å². The Labute approximate surface area is 132 Å². The Morgan fingerprint density at radius 2 is 2.30 bits per heavy atom. The van der Waals surface area contributed by atoms with E-state index in [0.29, 0.717) is 5.92 Å². The van der Waals surface area contributed by atoms with Crippen molar-refractivity contribution in [2.45, 2.75) is 32.1 Å². The smallest absolute Gasteiger partial charge is 0.124 e. The lowest BCUT2D eigenvalue weighted by Gasteiger charge is -2.20. The third-order valence-electron chi connectivity index (χ3n) is 3.94. The van der Waals surface area contributed by atoms with Crippen LogP contribution < -0.4 is 5.32 Å². The summed E-state index contributed by atoms with van der Waals surface area (Å²) in [6, 6.07) is 6.45. The molecule has 0 saturated carbocycles. The quantitative estimate of drug-likeness (QED) is 0.879. The van der Waals surface area contributed by atoms with Crippen LogP contribution in [0.1, 0.15) is 34.9 Å². The van der Waals surface area contributed by atoms with Gasteiger partial charge in [-0.3, -0.25) is 0 Å². The second kappa shape index (κ2) is 5.96. The Kier molecular flexibility index (Phi) is 4.24. The predicted octanol–water partition coefficient (Wildman–Crippen LogP) is 4.52. The summed E-state index contributed by atoms with van der Waals surface area (Å²) in [6.45, 7) is 3.20. The number of halogens is 1. The van der Waals surface area contributed by atoms with Crippen LogP contribution in [0.2, 0.25) is 0 Å². The number of hydrogen-bond acceptors (Lipinski definition) is 3. The van der Waals surface area contributed by atoms with Crippen molar-refractivity contribution in [2.24, 2.45) is 0 Å². The van der Waals surface area contributed by atoms with Crippen LogP contribution in [0, 0.1) is 6.92 Å². The van der Waals surface area contributed by atoms with Gasteiger partial charge in [-0.1, -0.05) is 22.0 Å². The average Bonchev–Trinajstić information content (AvgIpc) is 2.83. The molecule has 0 amide bonds. The lowest BCUT2D eigenvalue weighted by molar-refractivity contribution is 0.523. The summed E-state index contributed by atoms with van der Waals surface area (Å²) < 4.78 is 1.13. The molecule has 1 heterocycles. The minimum atomic E-state index is 0.588. The molecular formula is C16H19BrN2S. The van der Waals surface area contributed by atoms with Crippen molar-refractivity contribution >= 4 is 27.3 Å². The zero-order valence-corrected chi connectivity index (χ0v) is 14.3. The van der Waals surface area contributed by atoms with E-state index in [4.69, 9.17) is 4.98 Å². The van der Waals surface area contributed by atoms with Gasteiger partial charge < -0.3 is 5.32 Å². The van der Waals surface area contributed by atoms with E-state index >= 15 is 0 Å². The fraction of sp³-hybridized carbons (Fsp3) is 0.438. The molecule has 0 bridgehead atoms. The van der Waals surface area contributed by atoms with Crippen molar-refractivity contribution in [1.82, 2.24) is 10.3 Å². The van der Waals surface area contributed by atoms with Crippen LogP contribution in [-0.4, -0.2) is 18.6 Å². The van der Waals surface area contributed by atoms with Gasteiger partial charge in [0.2, 0.25) is 0 Å². The molecule has 1 N–H and O–H groups in total. The number of rotatable bonds is 3. The van der Waals surface area contributed by atoms with Crippen LogP contribution in [0.3, 0.4) is 0 Å². The van der Waals surface area contributed by atoms with E-state index in [-0.39, 0.29) is 0 Å². The average molecular weight is 351 g/mol. The first kappa shape index (κ1) is 14.2. The number of aromatic nitrogens is 1. The highest BCUT2D eigenvalue weighted by molar-refractivity contribution is 9.10. The van der Waals surface area contributed by atoms with Gasteiger partial charge in [0.15, 0.2) is 0 Å². The van der Waals surface area contributed by atoms with Gasteiger partial charge in [0.25, 0.3) is 0 Å². The Morgan fingerprint density at radius 1 is 1.45 bits per heavy atom. The summed E-state index contributed by atoms with van der Waals surface area (Å²) in [5.74, 6) is 0.588. The van der Waals surface area contributed by atoms with E-state index in [1.807, 2.05) is 18.4 Å². The maximum atomic E-state index is 4.97. The molecule has 1 atom stereocenters. The van der Waals surface area contributed by atoms with Crippen molar-refractivity contribution in [3.63, 3.8) is 0 Å². The van der Waals surface area contributed by atoms with Gasteiger partial charge in [-0.25, -0.2) is 4.98 Å². The molecule has 0 saturated heterocycles. The first-order valence-electron chi connectivity index (χ1n) is 7.09. The van der Waals surface area contributed by atoms with Crippen LogP contribution in [0.15, 0.2) is 22.7 Å². The Bertz CT molecular complexity index is 621. The van der Waals surface area contributed by atoms with Crippen molar-refractivity contribution in [3.05, 3.63) is 38.8 Å². The third-order valence-corrected chi connectivity index (χ3v) is 5.60. The number of likely N-dealkylation sites (N-methyl/N-ethyl adjacent to an activating group) is 1. The van der Waals surface area contributed by atoms with Crippen LogP contribution in [0.5, 0.6) is 0 Å². The molecule has 0 radical (unpaired) electrons. The Hall–Kier alpha value is -0.710. The third kappa shape index (κ3) is 2.69. The van der Waals surface area contributed by atoms with E-state index in [0.717, 1.165) is 11.0 Å². The van der Waals surface area contributed by atoms with Crippen molar-refractivity contribution in [3.8, 4) is 10.6 Å². The Morgan fingerprint density at radius 3 is 3.05 bits per heavy atom. The van der Waals surface area contributed by atoms with Gasteiger partial charge in [0.05, 0.1) is 5.69 Å². The molecule has 1 aliphatic rings.